The smallest absolute Gasteiger partial charge is 0.339 e. The largest absolute Gasteiger partial charge is 0.488 e. The van der Waals surface area contributed by atoms with Crippen LogP contribution in [0.15, 0.2) is 35.2 Å². The van der Waals surface area contributed by atoms with Crippen molar-refractivity contribution in [2.24, 2.45) is 0 Å². The lowest BCUT2D eigenvalue weighted by Crippen LogP contribution is -2.07. The highest BCUT2D eigenvalue weighted by Crippen LogP contribution is 2.25. The van der Waals surface area contributed by atoms with Gasteiger partial charge in [0.05, 0.1) is 4.90 Å². The van der Waals surface area contributed by atoms with Crippen molar-refractivity contribution in [3.05, 3.63) is 35.9 Å². The van der Waals surface area contributed by atoms with Crippen molar-refractivity contribution in [1.29, 1.82) is 0 Å². The van der Waals surface area contributed by atoms with Crippen molar-refractivity contribution < 1.29 is 23.1 Å². The predicted octanol–water partition coefficient (Wildman–Crippen LogP) is 2.66. The van der Waals surface area contributed by atoms with E-state index in [2.05, 4.69) is 6.58 Å². The molecule has 1 rings (SSSR count). The fraction of sp³-hybridized carbons (Fsp3) is 0.250. The van der Waals surface area contributed by atoms with Gasteiger partial charge < -0.3 is 9.84 Å². The molecule has 0 atom stereocenters. The van der Waals surface area contributed by atoms with Crippen LogP contribution in [0.2, 0.25) is 0 Å². The van der Waals surface area contributed by atoms with Gasteiger partial charge >= 0.3 is 5.97 Å². The van der Waals surface area contributed by atoms with E-state index < -0.39 is 15.0 Å². The summed E-state index contributed by atoms with van der Waals surface area (Å²) in [6, 6.07) is 3.43. The third-order valence-electron chi connectivity index (χ3n) is 2.39. The Morgan fingerprint density at radius 3 is 2.58 bits per heavy atom. The number of aromatic carboxylic acids is 1. The van der Waals surface area contributed by atoms with Crippen LogP contribution in [0.5, 0.6) is 5.75 Å². The first kappa shape index (κ1) is 15.5. The summed E-state index contributed by atoms with van der Waals surface area (Å²) in [5.41, 5.74) is 0.538. The van der Waals surface area contributed by atoms with Crippen LogP contribution in [0.4, 0.5) is 0 Å². The topological polar surface area (TPSA) is 80.7 Å². The molecule has 1 aromatic carbocycles. The molecule has 104 valence electrons. The molecule has 1 aromatic rings. The van der Waals surface area contributed by atoms with Gasteiger partial charge in [0, 0.05) is 10.7 Å². The monoisotopic (exact) mass is 304 g/mol. The lowest BCUT2D eigenvalue weighted by atomic mass is 10.2. The first-order chi connectivity index (χ1) is 8.75. The number of benzene rings is 1. The van der Waals surface area contributed by atoms with Crippen LogP contribution in [0.3, 0.4) is 0 Å². The van der Waals surface area contributed by atoms with Crippen molar-refractivity contribution >= 4 is 25.7 Å². The van der Waals surface area contributed by atoms with Gasteiger partial charge in [-0.05, 0) is 30.2 Å². The minimum absolute atomic E-state index is 0.0752. The molecule has 0 heterocycles. The third kappa shape index (κ3) is 4.25. The van der Waals surface area contributed by atoms with E-state index in [1.54, 1.807) is 0 Å². The predicted molar refractivity (Wildman–Crippen MR) is 71.4 cm³/mol. The Morgan fingerprint density at radius 1 is 1.47 bits per heavy atom. The van der Waals surface area contributed by atoms with Gasteiger partial charge in [0.1, 0.15) is 17.9 Å². The third-order valence-corrected chi connectivity index (χ3v) is 3.75. The van der Waals surface area contributed by atoms with E-state index in [0.29, 0.717) is 6.42 Å². The number of halogens is 1. The highest BCUT2D eigenvalue weighted by atomic mass is 35.7. The average molecular weight is 305 g/mol. The summed E-state index contributed by atoms with van der Waals surface area (Å²) >= 11 is 0. The molecule has 19 heavy (non-hydrogen) atoms. The van der Waals surface area contributed by atoms with E-state index in [4.69, 9.17) is 20.5 Å². The van der Waals surface area contributed by atoms with Crippen LogP contribution in [0, 0.1) is 0 Å². The van der Waals surface area contributed by atoms with Gasteiger partial charge in [-0.2, -0.15) is 0 Å². The van der Waals surface area contributed by atoms with Crippen molar-refractivity contribution in [2.45, 2.75) is 18.2 Å². The zero-order valence-corrected chi connectivity index (χ0v) is 11.8. The number of ether oxygens (including phenoxy) is 1. The van der Waals surface area contributed by atoms with Crippen LogP contribution in [0.1, 0.15) is 23.7 Å². The van der Waals surface area contributed by atoms with Gasteiger partial charge in [0.15, 0.2) is 0 Å². The Bertz CT molecular complexity index is 607. The van der Waals surface area contributed by atoms with Gasteiger partial charge in [0.25, 0.3) is 9.05 Å². The molecule has 0 aliphatic carbocycles. The minimum atomic E-state index is -3.98. The quantitative estimate of drug-likeness (QED) is 0.645. The second kappa shape index (κ2) is 6.08. The standard InChI is InChI=1S/C12H13ClO5S/c1-3-8(2)7-18-11-5-4-9(19(13,16)17)6-10(11)12(14)15/h4-6H,2-3,7H2,1H3,(H,14,15). The van der Waals surface area contributed by atoms with Crippen molar-refractivity contribution in [3.8, 4) is 5.75 Å². The van der Waals surface area contributed by atoms with Gasteiger partial charge in [-0.1, -0.05) is 13.5 Å². The molecule has 0 spiro atoms. The van der Waals surface area contributed by atoms with E-state index in [9.17, 15) is 13.2 Å². The molecular weight excluding hydrogens is 292 g/mol. The van der Waals surface area contributed by atoms with E-state index in [0.717, 1.165) is 11.6 Å². The van der Waals surface area contributed by atoms with Crippen molar-refractivity contribution in [3.63, 3.8) is 0 Å². The van der Waals surface area contributed by atoms with Crippen LogP contribution >= 0.6 is 10.7 Å². The molecule has 0 saturated heterocycles. The molecule has 0 amide bonds. The summed E-state index contributed by atoms with van der Waals surface area (Å²) in [6.07, 6.45) is 0.705. The molecule has 0 unspecified atom stereocenters. The van der Waals surface area contributed by atoms with Gasteiger partial charge in [-0.15, -0.1) is 0 Å². The first-order valence-electron chi connectivity index (χ1n) is 5.37. The highest BCUT2D eigenvalue weighted by molar-refractivity contribution is 8.13. The highest BCUT2D eigenvalue weighted by Gasteiger charge is 2.17. The van der Waals surface area contributed by atoms with E-state index >= 15 is 0 Å². The van der Waals surface area contributed by atoms with Crippen molar-refractivity contribution in [1.82, 2.24) is 0 Å². The summed E-state index contributed by atoms with van der Waals surface area (Å²) in [5.74, 6) is -1.22. The molecule has 0 fully saturated rings. The molecule has 5 nitrogen and oxygen atoms in total. The number of carboxylic acids is 1. The number of hydrogen-bond acceptors (Lipinski definition) is 4. The molecule has 0 aliphatic heterocycles. The fourth-order valence-corrected chi connectivity index (χ4v) is 2.01. The Kier molecular flexibility index (Phi) is 4.97. The second-order valence-corrected chi connectivity index (χ2v) is 6.36. The van der Waals surface area contributed by atoms with Gasteiger partial charge in [0.2, 0.25) is 0 Å². The fourth-order valence-electron chi connectivity index (χ4n) is 1.24. The molecule has 1 N–H and O–H groups in total. The van der Waals surface area contributed by atoms with E-state index in [1.165, 1.54) is 12.1 Å². The molecule has 0 radical (unpaired) electrons. The summed E-state index contributed by atoms with van der Waals surface area (Å²) in [4.78, 5) is 10.8. The zero-order chi connectivity index (χ0) is 14.6. The van der Waals surface area contributed by atoms with Crippen LogP contribution in [0.25, 0.3) is 0 Å². The molecule has 0 saturated carbocycles. The van der Waals surface area contributed by atoms with Crippen LogP contribution < -0.4 is 4.74 Å². The maximum Gasteiger partial charge on any atom is 0.339 e. The normalized spacial score (nSPS) is 11.1. The number of carboxylic acid groups (broad SMARTS) is 1. The Morgan fingerprint density at radius 2 is 2.11 bits per heavy atom. The summed E-state index contributed by atoms with van der Waals surface area (Å²) in [5, 5.41) is 9.04. The molecular formula is C12H13ClO5S. The molecule has 0 aromatic heterocycles. The molecule has 7 heteroatoms. The van der Waals surface area contributed by atoms with Crippen LogP contribution in [-0.4, -0.2) is 26.1 Å². The maximum atomic E-state index is 11.1. The number of rotatable bonds is 6. The van der Waals surface area contributed by atoms with Crippen molar-refractivity contribution in [2.75, 3.05) is 6.61 Å². The van der Waals surface area contributed by atoms with Gasteiger partial charge in [-0.3, -0.25) is 0 Å². The Labute approximate surface area is 115 Å². The van der Waals surface area contributed by atoms with Crippen LogP contribution in [-0.2, 0) is 9.05 Å². The summed E-state index contributed by atoms with van der Waals surface area (Å²) < 4.78 is 27.6. The van der Waals surface area contributed by atoms with E-state index in [1.807, 2.05) is 6.92 Å². The average Bonchev–Trinajstić information content (AvgIpc) is 2.34. The van der Waals surface area contributed by atoms with E-state index in [-0.39, 0.29) is 22.8 Å². The lowest BCUT2D eigenvalue weighted by Gasteiger charge is -2.10. The number of carbonyl (C=O) groups is 1. The SMILES string of the molecule is C=C(CC)COc1ccc(S(=O)(=O)Cl)cc1C(=O)O. The van der Waals surface area contributed by atoms with Gasteiger partial charge in [-0.25, -0.2) is 13.2 Å². The second-order valence-electron chi connectivity index (χ2n) is 3.79. The lowest BCUT2D eigenvalue weighted by molar-refractivity contribution is 0.0692. The minimum Gasteiger partial charge on any atom is -0.488 e. The molecule has 0 aliphatic rings. The summed E-state index contributed by atoms with van der Waals surface area (Å²) in [6.45, 7) is 5.80. The molecule has 0 bridgehead atoms. The first-order valence-corrected chi connectivity index (χ1v) is 7.68. The number of hydrogen-bond donors (Lipinski definition) is 1. The zero-order valence-electron chi connectivity index (χ0n) is 10.2. The Balaban J connectivity index is 3.12. The maximum absolute atomic E-state index is 11.1. The Hall–Kier alpha value is -1.53. The summed E-state index contributed by atoms with van der Waals surface area (Å²) in [7, 11) is 1.19.